The molecule has 7 nitrogen and oxygen atoms in total. The molecule has 3 unspecified atom stereocenters. The molecule has 0 radical (unpaired) electrons. The molecule has 0 bridgehead atoms. The van der Waals surface area contributed by atoms with E-state index in [1.165, 1.54) is 17.2 Å². The van der Waals surface area contributed by atoms with E-state index in [9.17, 15) is 26.4 Å². The van der Waals surface area contributed by atoms with Crippen LogP contribution in [0.2, 0.25) is 10.0 Å². The number of alkyl halides is 3. The maximum atomic E-state index is 13.9. The van der Waals surface area contributed by atoms with E-state index < -0.39 is 38.5 Å². The zero-order valence-corrected chi connectivity index (χ0v) is 23.6. The summed E-state index contributed by atoms with van der Waals surface area (Å²) in [4.78, 5) is 20.7. The molecule has 210 valence electrons. The van der Waals surface area contributed by atoms with Crippen LogP contribution in [-0.2, 0) is 32.8 Å². The molecule has 3 atom stereocenters. The quantitative estimate of drug-likeness (QED) is 0.483. The third-order valence-corrected chi connectivity index (χ3v) is 9.50. The fourth-order valence-corrected chi connectivity index (χ4v) is 6.09. The zero-order chi connectivity index (χ0) is 28.5. The average Bonchev–Trinajstić information content (AvgIpc) is 2.83. The fraction of sp³-hybridized carbons (Fsp3) is 0.520. The monoisotopic (exact) mass is 594 g/mol. The molecule has 0 saturated carbocycles. The first-order valence-electron chi connectivity index (χ1n) is 11.9. The van der Waals surface area contributed by atoms with Gasteiger partial charge in [0.05, 0.1) is 26.9 Å². The first kappa shape index (κ1) is 30.6. The van der Waals surface area contributed by atoms with E-state index >= 15 is 0 Å². The predicted molar refractivity (Wildman–Crippen MR) is 142 cm³/mol. The second kappa shape index (κ2) is 11.7. The van der Waals surface area contributed by atoms with Crippen molar-refractivity contribution in [3.8, 4) is 0 Å². The zero-order valence-electron chi connectivity index (χ0n) is 21.3. The van der Waals surface area contributed by atoms with Gasteiger partial charge in [0.2, 0.25) is 5.91 Å². The summed E-state index contributed by atoms with van der Waals surface area (Å²) in [6, 6.07) is 7.13. The fourth-order valence-electron chi connectivity index (χ4n) is 4.71. The average molecular weight is 596 g/mol. The molecule has 13 heteroatoms. The molecule has 1 fully saturated rings. The number of hydrogen-bond acceptors (Lipinski definition) is 6. The number of amides is 1. The van der Waals surface area contributed by atoms with Crippen molar-refractivity contribution >= 4 is 38.9 Å². The molecular formula is C25H31Cl2F3N4O3S. The highest BCUT2D eigenvalue weighted by atomic mass is 35.5. The number of benzene rings is 1. The van der Waals surface area contributed by atoms with Gasteiger partial charge in [0.1, 0.15) is 15.5 Å². The van der Waals surface area contributed by atoms with Crippen LogP contribution in [0.3, 0.4) is 0 Å². The van der Waals surface area contributed by atoms with Crippen LogP contribution in [0.1, 0.15) is 43.0 Å². The van der Waals surface area contributed by atoms with Crippen molar-refractivity contribution in [2.24, 2.45) is 5.73 Å². The summed E-state index contributed by atoms with van der Waals surface area (Å²) in [6.45, 7) is 2.69. The van der Waals surface area contributed by atoms with Crippen LogP contribution in [0.4, 0.5) is 13.2 Å². The molecule has 1 aromatic heterocycles. The molecule has 2 N–H and O–H groups in total. The van der Waals surface area contributed by atoms with Crippen molar-refractivity contribution in [1.82, 2.24) is 14.8 Å². The Morgan fingerprint density at radius 3 is 2.42 bits per heavy atom. The van der Waals surface area contributed by atoms with Crippen LogP contribution in [0.5, 0.6) is 0 Å². The summed E-state index contributed by atoms with van der Waals surface area (Å²) in [5.41, 5.74) is 5.26. The SMILES string of the molecule is CN(Cc1ccc(C(F)(F)F)nc1)C(=O)C(C)(CCN1CCC(S(C)(=O)=O)CC1N)c1ccc(Cl)c(Cl)c1. The number of likely N-dealkylation sites (tertiary alicyclic amines) is 1. The van der Waals surface area contributed by atoms with Gasteiger partial charge in [-0.15, -0.1) is 0 Å². The Balaban J connectivity index is 1.82. The third-order valence-electron chi connectivity index (χ3n) is 7.13. The highest BCUT2D eigenvalue weighted by Crippen LogP contribution is 2.35. The first-order valence-corrected chi connectivity index (χ1v) is 14.6. The van der Waals surface area contributed by atoms with E-state index in [0.717, 1.165) is 12.3 Å². The van der Waals surface area contributed by atoms with E-state index in [2.05, 4.69) is 4.98 Å². The Morgan fingerprint density at radius 2 is 1.89 bits per heavy atom. The highest BCUT2D eigenvalue weighted by molar-refractivity contribution is 7.91. The highest BCUT2D eigenvalue weighted by Gasteiger charge is 2.40. The van der Waals surface area contributed by atoms with Crippen LogP contribution in [0, 0.1) is 0 Å². The second-order valence-electron chi connectivity index (χ2n) is 10.0. The molecule has 0 spiro atoms. The van der Waals surface area contributed by atoms with Gasteiger partial charge in [-0.05, 0) is 55.5 Å². The summed E-state index contributed by atoms with van der Waals surface area (Å²) < 4.78 is 62.6. The van der Waals surface area contributed by atoms with Crippen molar-refractivity contribution in [3.05, 3.63) is 63.4 Å². The maximum Gasteiger partial charge on any atom is 0.433 e. The standard InChI is InChI=1S/C25H31Cl2F3N4O3S/c1-24(17-5-6-19(26)20(27)12-17,9-11-34-10-8-18(13-22(34)31)38(3,36)37)23(35)33(2)15-16-4-7-21(32-14-16)25(28,29)30/h4-7,12,14,18,22H,8-11,13,15,31H2,1-3H3. The molecule has 1 amide bonds. The lowest BCUT2D eigenvalue weighted by Gasteiger charge is -2.40. The summed E-state index contributed by atoms with van der Waals surface area (Å²) in [5.74, 6) is -0.282. The van der Waals surface area contributed by atoms with Crippen LogP contribution < -0.4 is 5.73 Å². The lowest BCUT2D eigenvalue weighted by Crippen LogP contribution is -2.53. The largest absolute Gasteiger partial charge is 0.433 e. The minimum absolute atomic E-state index is 0.0418. The van der Waals surface area contributed by atoms with Crippen molar-refractivity contribution in [2.45, 2.75) is 55.7 Å². The van der Waals surface area contributed by atoms with Crippen molar-refractivity contribution in [3.63, 3.8) is 0 Å². The number of likely N-dealkylation sites (N-methyl/N-ethyl adjacent to an activating group) is 1. The summed E-state index contributed by atoms with van der Waals surface area (Å²) in [6.07, 6.45) is -1.63. The van der Waals surface area contributed by atoms with E-state index in [0.29, 0.717) is 48.5 Å². The minimum Gasteiger partial charge on any atom is -0.341 e. The van der Waals surface area contributed by atoms with Crippen LogP contribution in [-0.4, -0.2) is 66.9 Å². The minimum atomic E-state index is -4.55. The number of halogens is 5. The van der Waals surface area contributed by atoms with Crippen molar-refractivity contribution < 1.29 is 26.4 Å². The number of carbonyl (C=O) groups excluding carboxylic acids is 1. The lowest BCUT2D eigenvalue weighted by atomic mass is 9.77. The van der Waals surface area contributed by atoms with E-state index in [1.807, 2.05) is 4.90 Å². The number of aromatic nitrogens is 1. The number of nitrogens with two attached hydrogens (primary N) is 1. The van der Waals surface area contributed by atoms with Gasteiger partial charge in [0, 0.05) is 39.1 Å². The number of nitrogens with zero attached hydrogens (tertiary/aromatic N) is 3. The van der Waals surface area contributed by atoms with E-state index in [1.54, 1.807) is 32.2 Å². The topological polar surface area (TPSA) is 96.6 Å². The number of hydrogen-bond donors (Lipinski definition) is 1. The van der Waals surface area contributed by atoms with Crippen molar-refractivity contribution in [1.29, 1.82) is 0 Å². The molecule has 2 heterocycles. The Kier molecular flexibility index (Phi) is 9.41. The smallest absolute Gasteiger partial charge is 0.341 e. The van der Waals surface area contributed by atoms with Crippen molar-refractivity contribution in [2.75, 3.05) is 26.4 Å². The molecule has 2 aromatic rings. The Bertz CT molecular complexity index is 1260. The van der Waals surface area contributed by atoms with Gasteiger partial charge in [0.15, 0.2) is 0 Å². The Hall–Kier alpha value is -1.92. The predicted octanol–water partition coefficient (Wildman–Crippen LogP) is 4.51. The molecule has 1 saturated heterocycles. The number of pyridine rings is 1. The first-order chi connectivity index (χ1) is 17.5. The summed E-state index contributed by atoms with van der Waals surface area (Å²) >= 11 is 12.4. The molecule has 1 aliphatic heterocycles. The number of carbonyl (C=O) groups is 1. The molecule has 0 aliphatic carbocycles. The van der Waals surface area contributed by atoms with Gasteiger partial charge in [-0.3, -0.25) is 14.7 Å². The van der Waals surface area contributed by atoms with Gasteiger partial charge >= 0.3 is 6.18 Å². The van der Waals surface area contributed by atoms with Crippen LogP contribution in [0.15, 0.2) is 36.5 Å². The van der Waals surface area contributed by atoms with Gasteiger partial charge in [0.25, 0.3) is 0 Å². The van der Waals surface area contributed by atoms with Gasteiger partial charge in [-0.1, -0.05) is 35.3 Å². The van der Waals surface area contributed by atoms with Gasteiger partial charge < -0.3 is 10.6 Å². The Labute approximate surface area is 231 Å². The number of sulfone groups is 1. The van der Waals surface area contributed by atoms with E-state index in [-0.39, 0.29) is 17.5 Å². The Morgan fingerprint density at radius 1 is 1.21 bits per heavy atom. The molecular weight excluding hydrogens is 564 g/mol. The second-order valence-corrected chi connectivity index (χ2v) is 13.1. The lowest BCUT2D eigenvalue weighted by molar-refractivity contribution is -0.141. The normalized spacial score (nSPS) is 20.7. The third kappa shape index (κ3) is 7.18. The maximum absolute atomic E-state index is 13.9. The molecule has 3 rings (SSSR count). The molecule has 38 heavy (non-hydrogen) atoms. The molecule has 1 aliphatic rings. The van der Waals surface area contributed by atoms with Gasteiger partial charge in [-0.2, -0.15) is 13.2 Å². The number of piperidine rings is 1. The van der Waals surface area contributed by atoms with Crippen LogP contribution >= 0.6 is 23.2 Å². The molecule has 1 aromatic carbocycles. The summed E-state index contributed by atoms with van der Waals surface area (Å²) in [5, 5.41) is 0.114. The van der Waals surface area contributed by atoms with Crippen LogP contribution in [0.25, 0.3) is 0 Å². The van der Waals surface area contributed by atoms with Gasteiger partial charge in [-0.25, -0.2) is 8.42 Å². The van der Waals surface area contributed by atoms with E-state index in [4.69, 9.17) is 28.9 Å². The summed E-state index contributed by atoms with van der Waals surface area (Å²) in [7, 11) is -1.64. The number of rotatable bonds is 8.